The van der Waals surface area contributed by atoms with Crippen molar-refractivity contribution in [2.45, 2.75) is 26.9 Å². The van der Waals surface area contributed by atoms with Crippen LogP contribution in [0.3, 0.4) is 0 Å². The molecule has 1 aromatic carbocycles. The number of nitrogens with one attached hydrogen (secondary N) is 3. The number of amides is 1. The number of hydrogen-bond acceptors (Lipinski definition) is 7. The Hall–Kier alpha value is -3.33. The minimum absolute atomic E-state index is 0.107. The number of aryl methyl sites for hydroxylation is 2. The summed E-state index contributed by atoms with van der Waals surface area (Å²) in [6.07, 6.45) is 0.291. The number of carbonyl (C=O) groups is 1. The Balaban J connectivity index is 1.55. The monoisotopic (exact) mass is 381 g/mol. The molecule has 9 nitrogen and oxygen atoms in total. The number of ether oxygens (including phenoxy) is 1. The van der Waals surface area contributed by atoms with Crippen molar-refractivity contribution in [2.75, 3.05) is 24.3 Å². The van der Waals surface area contributed by atoms with Crippen LogP contribution < -0.4 is 10.6 Å². The topological polar surface area (TPSA) is 118 Å². The third-order valence-electron chi connectivity index (χ3n) is 3.83. The van der Waals surface area contributed by atoms with Crippen LogP contribution in [0.4, 0.5) is 11.6 Å². The molecular formula is C19H23N7O2. The van der Waals surface area contributed by atoms with Gasteiger partial charge in [-0.2, -0.15) is 5.10 Å². The van der Waals surface area contributed by atoms with Gasteiger partial charge in [0.2, 0.25) is 11.9 Å². The van der Waals surface area contributed by atoms with E-state index in [0.717, 1.165) is 17.0 Å². The molecule has 2 heterocycles. The zero-order chi connectivity index (χ0) is 19.9. The van der Waals surface area contributed by atoms with Gasteiger partial charge in [-0.05, 0) is 32.0 Å². The Morgan fingerprint density at radius 1 is 1.14 bits per heavy atom. The Labute approximate surface area is 163 Å². The lowest BCUT2D eigenvalue weighted by Crippen LogP contribution is -2.17. The van der Waals surface area contributed by atoms with Gasteiger partial charge in [0.05, 0.1) is 0 Å². The molecule has 2 aromatic heterocycles. The summed E-state index contributed by atoms with van der Waals surface area (Å²) < 4.78 is 5.03. The zero-order valence-corrected chi connectivity index (χ0v) is 16.1. The molecule has 0 fully saturated rings. The molecule has 9 heteroatoms. The highest BCUT2D eigenvalue weighted by Gasteiger charge is 2.08. The largest absolute Gasteiger partial charge is 0.377 e. The van der Waals surface area contributed by atoms with Gasteiger partial charge in [-0.25, -0.2) is 15.0 Å². The van der Waals surface area contributed by atoms with Crippen LogP contribution in [-0.4, -0.2) is 44.7 Å². The van der Waals surface area contributed by atoms with Crippen molar-refractivity contribution < 1.29 is 9.53 Å². The van der Waals surface area contributed by atoms with Gasteiger partial charge in [0.1, 0.15) is 6.61 Å². The van der Waals surface area contributed by atoms with Gasteiger partial charge < -0.3 is 15.4 Å². The van der Waals surface area contributed by atoms with E-state index in [2.05, 4.69) is 35.8 Å². The fourth-order valence-electron chi connectivity index (χ4n) is 2.68. The molecular weight excluding hydrogens is 358 g/mol. The predicted molar refractivity (Wildman–Crippen MR) is 106 cm³/mol. The van der Waals surface area contributed by atoms with Gasteiger partial charge in [0.15, 0.2) is 11.6 Å². The van der Waals surface area contributed by atoms with Crippen LogP contribution in [0.1, 0.15) is 23.6 Å². The number of aromatic nitrogens is 5. The van der Waals surface area contributed by atoms with Crippen molar-refractivity contribution in [3.63, 3.8) is 0 Å². The molecule has 0 aliphatic heterocycles. The molecule has 0 aliphatic rings. The van der Waals surface area contributed by atoms with Gasteiger partial charge in [-0.15, -0.1) is 0 Å². The number of benzene rings is 1. The third-order valence-corrected chi connectivity index (χ3v) is 3.83. The summed E-state index contributed by atoms with van der Waals surface area (Å²) in [5, 5.41) is 13.0. The van der Waals surface area contributed by atoms with Crippen molar-refractivity contribution >= 4 is 17.5 Å². The molecule has 3 N–H and O–H groups in total. The summed E-state index contributed by atoms with van der Waals surface area (Å²) in [5.41, 5.74) is 3.26. The minimum Gasteiger partial charge on any atom is -0.377 e. The number of hydrogen-bond donors (Lipinski definition) is 3. The van der Waals surface area contributed by atoms with E-state index in [4.69, 9.17) is 4.74 Å². The quantitative estimate of drug-likeness (QED) is 0.548. The van der Waals surface area contributed by atoms with E-state index < -0.39 is 0 Å². The maximum Gasteiger partial charge on any atom is 0.226 e. The summed E-state index contributed by atoms with van der Waals surface area (Å²) in [7, 11) is 1.60. The number of H-pyrrole nitrogens is 1. The predicted octanol–water partition coefficient (Wildman–Crippen LogP) is 2.47. The highest BCUT2D eigenvalue weighted by Crippen LogP contribution is 2.19. The summed E-state index contributed by atoms with van der Waals surface area (Å²) in [5.74, 6) is 1.62. The van der Waals surface area contributed by atoms with Crippen LogP contribution in [0.5, 0.6) is 0 Å². The Morgan fingerprint density at radius 2 is 1.93 bits per heavy atom. The number of rotatable bonds is 8. The van der Waals surface area contributed by atoms with Crippen LogP contribution in [-0.2, 0) is 16.1 Å². The maximum absolute atomic E-state index is 12.2. The SMILES string of the molecule is COCc1nc(-c2cccc(NC(=O)CCNc3nc(C)cc(C)n3)c2)n[nH]1. The molecule has 0 bridgehead atoms. The van der Waals surface area contributed by atoms with Crippen LogP contribution in [0.15, 0.2) is 30.3 Å². The van der Waals surface area contributed by atoms with Gasteiger partial charge in [0, 0.05) is 42.7 Å². The highest BCUT2D eigenvalue weighted by molar-refractivity contribution is 5.91. The van der Waals surface area contributed by atoms with Crippen molar-refractivity contribution in [1.29, 1.82) is 0 Å². The summed E-state index contributed by atoms with van der Waals surface area (Å²) in [6, 6.07) is 9.29. The summed E-state index contributed by atoms with van der Waals surface area (Å²) >= 11 is 0. The van der Waals surface area contributed by atoms with E-state index in [1.165, 1.54) is 0 Å². The van der Waals surface area contributed by atoms with Gasteiger partial charge in [0.25, 0.3) is 0 Å². The molecule has 3 rings (SSSR count). The maximum atomic E-state index is 12.2. The van der Waals surface area contributed by atoms with Crippen LogP contribution in [0.25, 0.3) is 11.4 Å². The minimum atomic E-state index is -0.107. The molecule has 1 amide bonds. The van der Waals surface area contributed by atoms with E-state index in [0.29, 0.717) is 42.9 Å². The third kappa shape index (κ3) is 5.34. The molecule has 3 aromatic rings. The lowest BCUT2D eigenvalue weighted by molar-refractivity contribution is -0.115. The Morgan fingerprint density at radius 3 is 2.68 bits per heavy atom. The second-order valence-electron chi connectivity index (χ2n) is 6.32. The lowest BCUT2D eigenvalue weighted by atomic mass is 10.2. The summed E-state index contributed by atoms with van der Waals surface area (Å²) in [4.78, 5) is 25.2. The standard InChI is InChI=1S/C19H23N7O2/c1-12-9-13(2)22-19(21-12)20-8-7-17(27)23-15-6-4-5-14(10-15)18-24-16(11-28-3)25-26-18/h4-6,9-10H,7-8,11H2,1-3H3,(H,23,27)(H,20,21,22)(H,24,25,26). The molecule has 28 heavy (non-hydrogen) atoms. The van der Waals surface area contributed by atoms with E-state index in [9.17, 15) is 4.79 Å². The van der Waals surface area contributed by atoms with Crippen LogP contribution in [0, 0.1) is 13.8 Å². The summed E-state index contributed by atoms with van der Waals surface area (Å²) in [6.45, 7) is 4.62. The van der Waals surface area contributed by atoms with Gasteiger partial charge >= 0.3 is 0 Å². The lowest BCUT2D eigenvalue weighted by Gasteiger charge is -2.08. The first-order valence-electron chi connectivity index (χ1n) is 8.90. The van der Waals surface area contributed by atoms with Crippen LogP contribution in [0.2, 0.25) is 0 Å². The number of carbonyl (C=O) groups excluding carboxylic acids is 1. The average Bonchev–Trinajstić information content (AvgIpc) is 3.10. The molecule has 0 saturated heterocycles. The number of anilines is 2. The smallest absolute Gasteiger partial charge is 0.226 e. The number of nitrogens with zero attached hydrogens (tertiary/aromatic N) is 4. The highest BCUT2D eigenvalue weighted by atomic mass is 16.5. The first-order chi connectivity index (χ1) is 13.5. The zero-order valence-electron chi connectivity index (χ0n) is 16.1. The van der Waals surface area contributed by atoms with Crippen LogP contribution >= 0.6 is 0 Å². The van der Waals surface area contributed by atoms with Gasteiger partial charge in [-0.3, -0.25) is 9.89 Å². The molecule has 0 saturated carbocycles. The second kappa shape index (κ2) is 9.05. The molecule has 0 atom stereocenters. The van der Waals surface area contributed by atoms with E-state index in [1.807, 2.05) is 44.2 Å². The average molecular weight is 381 g/mol. The normalized spacial score (nSPS) is 10.7. The Kier molecular flexibility index (Phi) is 6.28. The molecule has 0 spiro atoms. The molecule has 0 unspecified atom stereocenters. The van der Waals surface area contributed by atoms with E-state index >= 15 is 0 Å². The van der Waals surface area contributed by atoms with Crippen molar-refractivity contribution in [3.05, 3.63) is 47.5 Å². The second-order valence-corrected chi connectivity index (χ2v) is 6.32. The van der Waals surface area contributed by atoms with Crippen molar-refractivity contribution in [2.24, 2.45) is 0 Å². The van der Waals surface area contributed by atoms with Crippen molar-refractivity contribution in [1.82, 2.24) is 25.1 Å². The molecule has 0 aliphatic carbocycles. The fourth-order valence-corrected chi connectivity index (χ4v) is 2.68. The number of methoxy groups -OCH3 is 1. The van der Waals surface area contributed by atoms with E-state index in [1.54, 1.807) is 7.11 Å². The number of aromatic amines is 1. The van der Waals surface area contributed by atoms with Gasteiger partial charge in [-0.1, -0.05) is 12.1 Å². The van der Waals surface area contributed by atoms with Crippen molar-refractivity contribution in [3.8, 4) is 11.4 Å². The molecule has 0 radical (unpaired) electrons. The first-order valence-corrected chi connectivity index (χ1v) is 8.90. The fraction of sp³-hybridized carbons (Fsp3) is 0.316. The van der Waals surface area contributed by atoms with E-state index in [-0.39, 0.29) is 5.91 Å². The molecule has 146 valence electrons. The first kappa shape index (κ1) is 19.4. The Bertz CT molecular complexity index is 935.